The number of esters is 1. The zero-order chi connectivity index (χ0) is 12.2. The van der Waals surface area contributed by atoms with E-state index >= 15 is 0 Å². The number of nitrogens with zero attached hydrogens (tertiary/aromatic N) is 1. The van der Waals surface area contributed by atoms with Crippen LogP contribution in [0.2, 0.25) is 0 Å². The van der Waals surface area contributed by atoms with Crippen molar-refractivity contribution < 1.29 is 22.7 Å². The molecule has 1 rings (SSSR count). The Labute approximate surface area is 92.5 Å². The van der Waals surface area contributed by atoms with E-state index in [4.69, 9.17) is 4.74 Å². The Morgan fingerprint density at radius 3 is 2.69 bits per heavy atom. The second kappa shape index (κ2) is 5.52. The van der Waals surface area contributed by atoms with E-state index in [1.165, 1.54) is 4.90 Å². The molecule has 0 aromatic heterocycles. The van der Waals surface area contributed by atoms with Crippen LogP contribution in [-0.4, -0.2) is 42.8 Å². The van der Waals surface area contributed by atoms with Gasteiger partial charge in [-0.25, -0.2) is 0 Å². The van der Waals surface area contributed by atoms with Crippen LogP contribution in [-0.2, 0) is 9.53 Å². The van der Waals surface area contributed by atoms with Crippen LogP contribution in [0.5, 0.6) is 0 Å². The summed E-state index contributed by atoms with van der Waals surface area (Å²) in [5.74, 6) is -0.536. The smallest absolute Gasteiger partial charge is 0.401 e. The van der Waals surface area contributed by atoms with Crippen molar-refractivity contribution in [2.75, 3.05) is 19.7 Å². The molecule has 1 atom stereocenters. The number of hydrogen-bond acceptors (Lipinski definition) is 3. The fourth-order valence-corrected chi connectivity index (χ4v) is 1.92. The average molecular weight is 239 g/mol. The largest absolute Gasteiger partial charge is 0.465 e. The summed E-state index contributed by atoms with van der Waals surface area (Å²) in [6, 6.07) is -0.727. The molecule has 1 fully saturated rings. The number of carbonyl (C=O) groups is 1. The van der Waals surface area contributed by atoms with Gasteiger partial charge in [-0.05, 0) is 26.3 Å². The Hall–Kier alpha value is -0.780. The first-order chi connectivity index (χ1) is 7.44. The minimum atomic E-state index is -4.26. The van der Waals surface area contributed by atoms with E-state index in [0.717, 1.165) is 6.42 Å². The molecule has 16 heavy (non-hydrogen) atoms. The number of rotatable bonds is 3. The van der Waals surface area contributed by atoms with Crippen LogP contribution in [0.15, 0.2) is 0 Å². The molecule has 0 radical (unpaired) electrons. The summed E-state index contributed by atoms with van der Waals surface area (Å²) in [4.78, 5) is 12.6. The maximum atomic E-state index is 12.3. The Bertz CT molecular complexity index is 243. The lowest BCUT2D eigenvalue weighted by Crippen LogP contribution is -2.49. The van der Waals surface area contributed by atoms with E-state index in [0.29, 0.717) is 19.4 Å². The number of carbonyl (C=O) groups excluding carboxylic acids is 1. The van der Waals surface area contributed by atoms with Gasteiger partial charge in [-0.15, -0.1) is 0 Å². The van der Waals surface area contributed by atoms with Crippen molar-refractivity contribution in [1.82, 2.24) is 4.90 Å². The van der Waals surface area contributed by atoms with Crippen molar-refractivity contribution in [3.63, 3.8) is 0 Å². The Morgan fingerprint density at radius 1 is 1.44 bits per heavy atom. The van der Waals surface area contributed by atoms with Crippen molar-refractivity contribution >= 4 is 5.97 Å². The van der Waals surface area contributed by atoms with Crippen molar-refractivity contribution in [2.45, 2.75) is 38.4 Å². The quantitative estimate of drug-likeness (QED) is 0.705. The molecule has 0 saturated carbocycles. The van der Waals surface area contributed by atoms with Gasteiger partial charge in [0.15, 0.2) is 0 Å². The molecule has 0 aromatic rings. The fraction of sp³-hybridized carbons (Fsp3) is 0.900. The number of ether oxygens (including phenoxy) is 1. The van der Waals surface area contributed by atoms with E-state index < -0.39 is 24.7 Å². The van der Waals surface area contributed by atoms with E-state index in [9.17, 15) is 18.0 Å². The third kappa shape index (κ3) is 4.00. The Balaban J connectivity index is 2.60. The molecule has 0 aliphatic carbocycles. The van der Waals surface area contributed by atoms with Crippen LogP contribution in [0.1, 0.15) is 26.2 Å². The summed E-state index contributed by atoms with van der Waals surface area (Å²) in [5.41, 5.74) is 0. The first-order valence-electron chi connectivity index (χ1n) is 5.41. The summed E-state index contributed by atoms with van der Waals surface area (Å²) >= 11 is 0. The third-order valence-corrected chi connectivity index (χ3v) is 2.55. The summed E-state index contributed by atoms with van der Waals surface area (Å²) in [5, 5.41) is 0. The summed E-state index contributed by atoms with van der Waals surface area (Å²) in [6.45, 7) is 1.13. The molecule has 3 nitrogen and oxygen atoms in total. The normalized spacial score (nSPS) is 23.1. The molecule has 1 heterocycles. The van der Waals surface area contributed by atoms with Gasteiger partial charge in [0, 0.05) is 0 Å². The summed E-state index contributed by atoms with van der Waals surface area (Å²) in [7, 11) is 0. The van der Waals surface area contributed by atoms with Gasteiger partial charge in [0.05, 0.1) is 13.2 Å². The third-order valence-electron chi connectivity index (χ3n) is 2.55. The number of halogens is 3. The van der Waals surface area contributed by atoms with Gasteiger partial charge in [-0.3, -0.25) is 9.69 Å². The second-order valence-corrected chi connectivity index (χ2v) is 3.85. The van der Waals surface area contributed by atoms with Gasteiger partial charge >= 0.3 is 12.1 Å². The summed E-state index contributed by atoms with van der Waals surface area (Å²) in [6.07, 6.45) is -2.33. The van der Waals surface area contributed by atoms with Crippen LogP contribution in [0, 0.1) is 0 Å². The minimum Gasteiger partial charge on any atom is -0.465 e. The molecule has 0 N–H and O–H groups in total. The molecule has 0 aromatic carbocycles. The van der Waals surface area contributed by atoms with Crippen LogP contribution < -0.4 is 0 Å². The molecule has 1 aliphatic heterocycles. The van der Waals surface area contributed by atoms with Gasteiger partial charge < -0.3 is 4.74 Å². The molecule has 6 heteroatoms. The van der Waals surface area contributed by atoms with Gasteiger partial charge in [0.25, 0.3) is 0 Å². The van der Waals surface area contributed by atoms with Gasteiger partial charge in [-0.1, -0.05) is 6.42 Å². The minimum absolute atomic E-state index is 0.204. The Kier molecular flexibility index (Phi) is 4.58. The van der Waals surface area contributed by atoms with E-state index in [2.05, 4.69) is 0 Å². The molecule has 0 amide bonds. The van der Waals surface area contributed by atoms with Crippen molar-refractivity contribution in [2.24, 2.45) is 0 Å². The predicted molar refractivity (Wildman–Crippen MR) is 51.9 cm³/mol. The molecule has 0 bridgehead atoms. The highest BCUT2D eigenvalue weighted by Crippen LogP contribution is 2.24. The van der Waals surface area contributed by atoms with Crippen LogP contribution >= 0.6 is 0 Å². The zero-order valence-electron chi connectivity index (χ0n) is 9.22. The number of likely N-dealkylation sites (tertiary alicyclic amines) is 1. The molecule has 1 saturated heterocycles. The van der Waals surface area contributed by atoms with Crippen LogP contribution in [0.3, 0.4) is 0 Å². The lowest BCUT2D eigenvalue weighted by Gasteiger charge is -2.34. The SMILES string of the molecule is CCOC(=O)[C@@H]1CCCCN1CC(F)(F)F. The number of piperidine rings is 1. The number of hydrogen-bond donors (Lipinski definition) is 0. The van der Waals surface area contributed by atoms with E-state index in [1.807, 2.05) is 0 Å². The fourth-order valence-electron chi connectivity index (χ4n) is 1.92. The van der Waals surface area contributed by atoms with E-state index in [1.54, 1.807) is 6.92 Å². The summed E-state index contributed by atoms with van der Waals surface area (Å²) < 4.78 is 41.6. The maximum Gasteiger partial charge on any atom is 0.401 e. The highest BCUT2D eigenvalue weighted by molar-refractivity contribution is 5.75. The van der Waals surface area contributed by atoms with Crippen LogP contribution in [0.4, 0.5) is 13.2 Å². The van der Waals surface area contributed by atoms with Gasteiger partial charge in [0.1, 0.15) is 6.04 Å². The Morgan fingerprint density at radius 2 is 2.12 bits per heavy atom. The molecular weight excluding hydrogens is 223 g/mol. The zero-order valence-corrected chi connectivity index (χ0v) is 9.22. The van der Waals surface area contributed by atoms with Crippen molar-refractivity contribution in [3.8, 4) is 0 Å². The van der Waals surface area contributed by atoms with E-state index in [-0.39, 0.29) is 6.61 Å². The highest BCUT2D eigenvalue weighted by atomic mass is 19.4. The first-order valence-corrected chi connectivity index (χ1v) is 5.41. The molecule has 94 valence electrons. The van der Waals surface area contributed by atoms with Crippen LogP contribution in [0.25, 0.3) is 0 Å². The molecule has 0 unspecified atom stereocenters. The maximum absolute atomic E-state index is 12.3. The van der Waals surface area contributed by atoms with Crippen molar-refractivity contribution in [3.05, 3.63) is 0 Å². The molecule has 1 aliphatic rings. The average Bonchev–Trinajstić information content (AvgIpc) is 2.16. The first kappa shape index (κ1) is 13.3. The van der Waals surface area contributed by atoms with Gasteiger partial charge in [0.2, 0.25) is 0 Å². The predicted octanol–water partition coefficient (Wildman–Crippen LogP) is 1.97. The number of alkyl halides is 3. The van der Waals surface area contributed by atoms with Crippen molar-refractivity contribution in [1.29, 1.82) is 0 Å². The monoisotopic (exact) mass is 239 g/mol. The lowest BCUT2D eigenvalue weighted by atomic mass is 10.0. The molecule has 0 spiro atoms. The lowest BCUT2D eigenvalue weighted by molar-refractivity contribution is -0.167. The van der Waals surface area contributed by atoms with Gasteiger partial charge in [-0.2, -0.15) is 13.2 Å². The highest BCUT2D eigenvalue weighted by Gasteiger charge is 2.38. The second-order valence-electron chi connectivity index (χ2n) is 3.85. The standard InChI is InChI=1S/C10H16F3NO2/c1-2-16-9(15)8-5-3-4-6-14(8)7-10(11,12)13/h8H,2-7H2,1H3/t8-/m0/s1. The molecular formula is C10H16F3NO2. The topological polar surface area (TPSA) is 29.5 Å².